The Morgan fingerprint density at radius 2 is 1.15 bits per heavy atom. The lowest BCUT2D eigenvalue weighted by Gasteiger charge is -2.36. The predicted molar refractivity (Wildman–Crippen MR) is 170 cm³/mol. The van der Waals surface area contributed by atoms with E-state index in [-0.39, 0.29) is 36.1 Å². The highest BCUT2D eigenvalue weighted by molar-refractivity contribution is 7.42. The zero-order valence-electron chi connectivity index (χ0n) is 27.1. The van der Waals surface area contributed by atoms with E-state index in [0.717, 1.165) is 17.1 Å². The Morgan fingerprint density at radius 1 is 0.700 bits per heavy atom. The second kappa shape index (κ2) is 12.2. The van der Waals surface area contributed by atoms with Crippen molar-refractivity contribution in [2.24, 2.45) is 5.41 Å². The molecule has 3 rings (SSSR count). The van der Waals surface area contributed by atoms with Crippen LogP contribution in [0.3, 0.4) is 0 Å². The Morgan fingerprint density at radius 3 is 1.60 bits per heavy atom. The fourth-order valence-electron chi connectivity index (χ4n) is 4.32. The van der Waals surface area contributed by atoms with Crippen LogP contribution in [0, 0.1) is 5.41 Å². The van der Waals surface area contributed by atoms with Crippen LogP contribution < -0.4 is 9.05 Å². The highest BCUT2D eigenvalue weighted by atomic mass is 31.2. The van der Waals surface area contributed by atoms with Crippen LogP contribution in [-0.4, -0.2) is 19.8 Å². The topological polar surface area (TPSA) is 46.2 Å². The zero-order valence-corrected chi connectivity index (χ0v) is 29.0. The predicted octanol–water partition coefficient (Wildman–Crippen LogP) is 10.1. The maximum Gasteiger partial charge on any atom is 0.397 e. The van der Waals surface area contributed by atoms with Crippen LogP contribution in [0.4, 0.5) is 0 Å². The van der Waals surface area contributed by atoms with Gasteiger partial charge in [0.1, 0.15) is 11.5 Å². The first-order valence-electron chi connectivity index (χ1n) is 14.3. The van der Waals surface area contributed by atoms with Gasteiger partial charge in [0.05, 0.1) is 19.8 Å². The Hall–Kier alpha value is -1.22. The van der Waals surface area contributed by atoms with Gasteiger partial charge >= 0.3 is 8.60 Å². The molecule has 0 bridgehead atoms. The summed E-state index contributed by atoms with van der Waals surface area (Å²) in [5.74, 6) is 1.71. The van der Waals surface area contributed by atoms with Gasteiger partial charge in [0.2, 0.25) is 9.03 Å². The van der Waals surface area contributed by atoms with E-state index in [0.29, 0.717) is 19.8 Å². The molecule has 0 radical (unpaired) electrons. The van der Waals surface area contributed by atoms with Gasteiger partial charge in [0.15, 0.2) is 0 Å². The summed E-state index contributed by atoms with van der Waals surface area (Å²) in [5.41, 5.74) is 4.73. The average molecular weight is 591 g/mol. The summed E-state index contributed by atoms with van der Waals surface area (Å²) >= 11 is 0. The van der Waals surface area contributed by atoms with Crippen LogP contribution >= 0.6 is 17.6 Å². The van der Waals surface area contributed by atoms with Crippen molar-refractivity contribution in [3.05, 3.63) is 58.7 Å². The van der Waals surface area contributed by atoms with E-state index in [2.05, 4.69) is 126 Å². The van der Waals surface area contributed by atoms with Crippen molar-refractivity contribution in [3.63, 3.8) is 0 Å². The summed E-state index contributed by atoms with van der Waals surface area (Å²) < 4.78 is 30.6. The van der Waals surface area contributed by atoms with Crippen LogP contribution in [0.5, 0.6) is 11.5 Å². The number of hydrogen-bond acceptors (Lipinski definition) is 5. The number of rotatable bonds is 7. The number of hydrogen-bond donors (Lipinski definition) is 0. The minimum Gasteiger partial charge on any atom is -0.449 e. The van der Waals surface area contributed by atoms with Gasteiger partial charge in [-0.15, -0.1) is 0 Å². The maximum absolute atomic E-state index is 6.29. The monoisotopic (exact) mass is 590 g/mol. The average Bonchev–Trinajstić information content (AvgIpc) is 2.81. The molecule has 1 fully saturated rings. The third-order valence-corrected chi connectivity index (χ3v) is 8.74. The smallest absolute Gasteiger partial charge is 0.397 e. The van der Waals surface area contributed by atoms with Gasteiger partial charge in [0, 0.05) is 16.5 Å². The minimum atomic E-state index is -1.48. The van der Waals surface area contributed by atoms with Gasteiger partial charge in [-0.3, -0.25) is 0 Å². The fourth-order valence-corrected chi connectivity index (χ4v) is 6.39. The molecule has 224 valence electrons. The van der Waals surface area contributed by atoms with Gasteiger partial charge in [-0.25, -0.2) is 0 Å². The fraction of sp³-hybridized carbons (Fsp3) is 0.636. The SMILES string of the molecule is CC1(COPOc2ccc(C(C)(C)C)cc2C(C)(C)C)COP(Oc2ccc(C(C)(C)C)cc2C(C)(C)C)OC1. The first-order chi connectivity index (χ1) is 18.2. The molecule has 40 heavy (non-hydrogen) atoms. The highest BCUT2D eigenvalue weighted by Gasteiger charge is 2.37. The quantitative estimate of drug-likeness (QED) is 0.237. The molecule has 0 saturated carbocycles. The van der Waals surface area contributed by atoms with E-state index >= 15 is 0 Å². The molecule has 1 unspecified atom stereocenters. The summed E-state index contributed by atoms with van der Waals surface area (Å²) in [6.45, 7) is 30.3. The van der Waals surface area contributed by atoms with Crippen molar-refractivity contribution in [1.82, 2.24) is 0 Å². The van der Waals surface area contributed by atoms with Gasteiger partial charge in [-0.2, -0.15) is 0 Å². The molecular weight excluding hydrogens is 538 g/mol. The van der Waals surface area contributed by atoms with E-state index in [1.54, 1.807) is 0 Å². The largest absolute Gasteiger partial charge is 0.449 e. The van der Waals surface area contributed by atoms with Gasteiger partial charge in [-0.05, 0) is 44.9 Å². The van der Waals surface area contributed by atoms with Crippen LogP contribution in [0.15, 0.2) is 36.4 Å². The van der Waals surface area contributed by atoms with E-state index in [4.69, 9.17) is 22.6 Å². The molecule has 2 aromatic rings. The molecule has 0 aliphatic carbocycles. The van der Waals surface area contributed by atoms with E-state index in [1.165, 1.54) is 16.7 Å². The number of benzene rings is 2. The second-order valence-corrected chi connectivity index (χ2v) is 17.4. The molecule has 2 aromatic carbocycles. The minimum absolute atomic E-state index is 0.0325. The first-order valence-corrected chi connectivity index (χ1v) is 16.2. The summed E-state index contributed by atoms with van der Waals surface area (Å²) in [4.78, 5) is 0. The lowest BCUT2D eigenvalue weighted by molar-refractivity contribution is 0.00171. The standard InChI is InChI=1S/C33H52O5P2/c1-29(2,3)23-14-16-27(25(18-23)31(7,8)9)37-39-34-20-33(13)21-35-40(36-22-33)38-28-17-15-24(30(4,5)6)19-26(28)32(10,11)12/h14-19,39H,20-22H2,1-13H3. The molecule has 1 aliphatic heterocycles. The third-order valence-electron chi connectivity index (χ3n) is 7.15. The molecule has 1 saturated heterocycles. The van der Waals surface area contributed by atoms with Crippen molar-refractivity contribution < 1.29 is 22.6 Å². The summed E-state index contributed by atoms with van der Waals surface area (Å²) in [6, 6.07) is 13.0. The Balaban J connectivity index is 1.57. The lowest BCUT2D eigenvalue weighted by atomic mass is 9.80. The van der Waals surface area contributed by atoms with Crippen LogP contribution in [0.2, 0.25) is 0 Å². The molecule has 0 aromatic heterocycles. The van der Waals surface area contributed by atoms with Gasteiger partial charge < -0.3 is 22.6 Å². The summed E-state index contributed by atoms with van der Waals surface area (Å²) in [5, 5.41) is 0. The van der Waals surface area contributed by atoms with E-state index in [1.807, 2.05) is 0 Å². The lowest BCUT2D eigenvalue weighted by Crippen LogP contribution is -2.36. The Kier molecular flexibility index (Phi) is 10.1. The van der Waals surface area contributed by atoms with E-state index < -0.39 is 8.60 Å². The van der Waals surface area contributed by atoms with Crippen molar-refractivity contribution in [2.75, 3.05) is 19.8 Å². The zero-order chi connectivity index (χ0) is 30.1. The molecule has 1 atom stereocenters. The summed E-state index contributed by atoms with van der Waals surface area (Å²) in [6.07, 6.45) is 0. The molecule has 1 heterocycles. The van der Waals surface area contributed by atoms with Crippen LogP contribution in [-0.2, 0) is 35.2 Å². The van der Waals surface area contributed by atoms with E-state index in [9.17, 15) is 0 Å². The van der Waals surface area contributed by atoms with Gasteiger partial charge in [-0.1, -0.05) is 114 Å². The molecule has 0 N–H and O–H groups in total. The molecule has 1 aliphatic rings. The second-order valence-electron chi connectivity index (χ2n) is 15.6. The third kappa shape index (κ3) is 8.89. The van der Waals surface area contributed by atoms with Crippen molar-refractivity contribution in [3.8, 4) is 11.5 Å². The molecule has 0 spiro atoms. The summed E-state index contributed by atoms with van der Waals surface area (Å²) in [7, 11) is -1.58. The highest BCUT2D eigenvalue weighted by Crippen LogP contribution is 2.50. The normalized spacial score (nSPS) is 21.2. The van der Waals surface area contributed by atoms with Crippen molar-refractivity contribution in [1.29, 1.82) is 0 Å². The van der Waals surface area contributed by atoms with Gasteiger partial charge in [0.25, 0.3) is 0 Å². The molecule has 0 amide bonds. The molecular formula is C33H52O5P2. The van der Waals surface area contributed by atoms with Crippen LogP contribution in [0.1, 0.15) is 112 Å². The van der Waals surface area contributed by atoms with Crippen LogP contribution in [0.25, 0.3) is 0 Å². The Labute approximate surface area is 247 Å². The molecule has 7 heteroatoms. The van der Waals surface area contributed by atoms with Crippen molar-refractivity contribution in [2.45, 2.75) is 112 Å². The Bertz CT molecular complexity index is 1140. The maximum atomic E-state index is 6.29. The molecule has 5 nitrogen and oxygen atoms in total. The first kappa shape index (κ1) is 33.3. The van der Waals surface area contributed by atoms with Crippen molar-refractivity contribution >= 4 is 17.6 Å².